The molecule has 1 fully saturated rings. The topological polar surface area (TPSA) is 93.2 Å². The first-order valence-electron chi connectivity index (χ1n) is 9.71. The fourth-order valence-electron chi connectivity index (χ4n) is 3.66. The van der Waals surface area contributed by atoms with Crippen LogP contribution in [0.5, 0.6) is 5.75 Å². The van der Waals surface area contributed by atoms with Gasteiger partial charge in [-0.1, -0.05) is 23.7 Å². The van der Waals surface area contributed by atoms with Gasteiger partial charge in [0, 0.05) is 29.0 Å². The van der Waals surface area contributed by atoms with Gasteiger partial charge in [-0.25, -0.2) is 22.2 Å². The number of hydrogen-bond donors (Lipinski definition) is 2. The number of rotatable bonds is 7. The van der Waals surface area contributed by atoms with Gasteiger partial charge >= 0.3 is 0 Å². The molecule has 170 valence electrons. The van der Waals surface area contributed by atoms with Crippen molar-refractivity contribution in [1.82, 2.24) is 14.7 Å². The molecule has 2 atom stereocenters. The molecule has 1 aliphatic rings. The summed E-state index contributed by atoms with van der Waals surface area (Å²) in [6, 6.07) is 8.94. The van der Waals surface area contributed by atoms with Crippen LogP contribution in [0.15, 0.2) is 47.6 Å². The Morgan fingerprint density at radius 2 is 1.94 bits per heavy atom. The Kier molecular flexibility index (Phi) is 6.89. The van der Waals surface area contributed by atoms with Gasteiger partial charge in [0.05, 0.1) is 11.5 Å². The van der Waals surface area contributed by atoms with E-state index < -0.39 is 32.3 Å². The lowest BCUT2D eigenvalue weighted by Crippen LogP contribution is -2.38. The minimum atomic E-state index is -4.23. The molecule has 32 heavy (non-hydrogen) atoms. The molecule has 0 spiro atoms. The number of piperidine rings is 1. The average Bonchev–Trinajstić information content (AvgIpc) is 3.26. The van der Waals surface area contributed by atoms with Crippen LogP contribution in [-0.2, 0) is 10.0 Å². The van der Waals surface area contributed by atoms with E-state index in [-0.39, 0.29) is 23.6 Å². The van der Waals surface area contributed by atoms with Crippen LogP contribution in [0.4, 0.5) is 13.9 Å². The largest absolute Gasteiger partial charge is 0.487 e. The maximum absolute atomic E-state index is 14.6. The second-order valence-corrected chi connectivity index (χ2v) is 10.2. The first-order chi connectivity index (χ1) is 15.3. The van der Waals surface area contributed by atoms with Gasteiger partial charge in [0.2, 0.25) is 5.13 Å². The molecule has 3 aromatic rings. The van der Waals surface area contributed by atoms with E-state index in [1.807, 2.05) is 24.3 Å². The molecule has 12 heteroatoms. The molecule has 0 amide bonds. The van der Waals surface area contributed by atoms with Crippen molar-refractivity contribution < 1.29 is 21.9 Å². The fourth-order valence-corrected chi connectivity index (χ4v) is 5.47. The first kappa shape index (κ1) is 22.8. The quantitative estimate of drug-likeness (QED) is 0.508. The summed E-state index contributed by atoms with van der Waals surface area (Å²) in [6.45, 7) is 1.50. The number of anilines is 1. The zero-order valence-electron chi connectivity index (χ0n) is 16.6. The van der Waals surface area contributed by atoms with Crippen molar-refractivity contribution in [3.05, 3.63) is 64.9 Å². The van der Waals surface area contributed by atoms with Crippen LogP contribution >= 0.6 is 23.1 Å². The molecule has 0 saturated carbocycles. The van der Waals surface area contributed by atoms with Gasteiger partial charge in [-0.15, -0.1) is 0 Å². The minimum Gasteiger partial charge on any atom is -0.487 e. The van der Waals surface area contributed by atoms with Crippen molar-refractivity contribution in [2.24, 2.45) is 5.92 Å². The highest BCUT2D eigenvalue weighted by molar-refractivity contribution is 7.93. The maximum atomic E-state index is 14.6. The van der Waals surface area contributed by atoms with Gasteiger partial charge in [0.25, 0.3) is 10.0 Å². The van der Waals surface area contributed by atoms with Crippen molar-refractivity contribution in [3.8, 4) is 5.75 Å². The third-order valence-electron chi connectivity index (χ3n) is 5.21. The molecule has 0 bridgehead atoms. The van der Waals surface area contributed by atoms with E-state index >= 15 is 0 Å². The van der Waals surface area contributed by atoms with E-state index in [0.717, 1.165) is 48.5 Å². The van der Waals surface area contributed by atoms with Crippen molar-refractivity contribution in [2.45, 2.75) is 17.2 Å². The maximum Gasteiger partial charge on any atom is 0.263 e. The first-order valence-corrected chi connectivity index (χ1v) is 12.3. The molecule has 1 aromatic heterocycles. The Labute approximate surface area is 193 Å². The van der Waals surface area contributed by atoms with Gasteiger partial charge in [-0.3, -0.25) is 4.72 Å². The summed E-state index contributed by atoms with van der Waals surface area (Å²) in [7, 11) is -4.23. The van der Waals surface area contributed by atoms with Crippen molar-refractivity contribution in [2.75, 3.05) is 24.4 Å². The zero-order valence-corrected chi connectivity index (χ0v) is 19.0. The number of hydrogen-bond acceptors (Lipinski definition) is 7. The summed E-state index contributed by atoms with van der Waals surface area (Å²) in [4.78, 5) is 3.12. The van der Waals surface area contributed by atoms with Crippen LogP contribution in [0, 0.1) is 17.6 Å². The van der Waals surface area contributed by atoms with E-state index in [1.54, 1.807) is 0 Å². The molecular formula is C20H19ClF2N4O3S2. The second kappa shape index (κ2) is 9.65. The number of aromatic nitrogens is 2. The Hall–Kier alpha value is -2.34. The van der Waals surface area contributed by atoms with E-state index in [9.17, 15) is 17.2 Å². The van der Waals surface area contributed by atoms with Crippen LogP contribution in [0.1, 0.15) is 17.9 Å². The summed E-state index contributed by atoms with van der Waals surface area (Å²) in [5.41, 5.74) is 1.08. The number of benzene rings is 2. The van der Waals surface area contributed by atoms with Gasteiger partial charge < -0.3 is 10.1 Å². The number of nitrogens with zero attached hydrogens (tertiary/aromatic N) is 2. The summed E-state index contributed by atoms with van der Waals surface area (Å²) >= 11 is 6.78. The molecule has 0 aliphatic carbocycles. The number of halogens is 3. The number of nitrogens with one attached hydrogen (secondary N) is 2. The number of ether oxygens (including phenoxy) is 1. The normalized spacial score (nSPS) is 19.0. The predicted molar refractivity (Wildman–Crippen MR) is 118 cm³/mol. The van der Waals surface area contributed by atoms with E-state index in [2.05, 4.69) is 19.4 Å². The number of sulfonamides is 1. The third kappa shape index (κ3) is 5.17. The standard InChI is InChI=1S/C20H19ClF2N4O3S2/c21-14-3-1-12(2-4-14)16-5-6-24-9-13(16)10-30-19-17(22)7-15(8-18(19)23)32(28,29)27-20-25-11-26-31-20/h1-4,7-8,11,13,16,24H,5-6,9-10H2,(H,25,26,27)/t13-,16?/m0/s1. The van der Waals surface area contributed by atoms with Gasteiger partial charge in [-0.2, -0.15) is 4.37 Å². The highest BCUT2D eigenvalue weighted by atomic mass is 35.5. The zero-order chi connectivity index (χ0) is 22.7. The smallest absolute Gasteiger partial charge is 0.263 e. The Balaban J connectivity index is 1.49. The van der Waals surface area contributed by atoms with Crippen molar-refractivity contribution >= 4 is 38.3 Å². The highest BCUT2D eigenvalue weighted by Crippen LogP contribution is 2.33. The molecule has 2 heterocycles. The molecule has 2 N–H and O–H groups in total. The van der Waals surface area contributed by atoms with Crippen LogP contribution in [-0.4, -0.2) is 37.5 Å². The van der Waals surface area contributed by atoms with Crippen molar-refractivity contribution in [1.29, 1.82) is 0 Å². The van der Waals surface area contributed by atoms with E-state index in [1.165, 1.54) is 0 Å². The third-order valence-corrected chi connectivity index (χ3v) is 7.49. The Morgan fingerprint density at radius 1 is 1.22 bits per heavy atom. The summed E-state index contributed by atoms with van der Waals surface area (Å²) in [6.07, 6.45) is 2.01. The van der Waals surface area contributed by atoms with E-state index in [4.69, 9.17) is 16.3 Å². The molecule has 7 nitrogen and oxygen atoms in total. The monoisotopic (exact) mass is 500 g/mol. The van der Waals surface area contributed by atoms with Crippen LogP contribution < -0.4 is 14.8 Å². The minimum absolute atomic E-state index is 0.0100. The van der Waals surface area contributed by atoms with Crippen LogP contribution in [0.3, 0.4) is 0 Å². The Morgan fingerprint density at radius 3 is 2.59 bits per heavy atom. The van der Waals surface area contributed by atoms with Gasteiger partial charge in [-0.05, 0) is 48.7 Å². The fraction of sp³-hybridized carbons (Fsp3) is 0.300. The average molecular weight is 501 g/mol. The highest BCUT2D eigenvalue weighted by Gasteiger charge is 2.28. The van der Waals surface area contributed by atoms with E-state index in [0.29, 0.717) is 11.6 Å². The lowest BCUT2D eigenvalue weighted by molar-refractivity contribution is 0.185. The summed E-state index contributed by atoms with van der Waals surface area (Å²) in [5, 5.41) is 3.89. The van der Waals surface area contributed by atoms with Gasteiger partial charge in [0.15, 0.2) is 17.4 Å². The van der Waals surface area contributed by atoms with Crippen LogP contribution in [0.25, 0.3) is 0 Å². The molecule has 1 aliphatic heterocycles. The summed E-state index contributed by atoms with van der Waals surface area (Å²) < 4.78 is 65.3. The molecule has 4 rings (SSSR count). The lowest BCUT2D eigenvalue weighted by Gasteiger charge is -2.32. The lowest BCUT2D eigenvalue weighted by atomic mass is 9.81. The van der Waals surface area contributed by atoms with Crippen LogP contribution in [0.2, 0.25) is 5.02 Å². The second-order valence-electron chi connectivity index (χ2n) is 7.29. The molecule has 2 aromatic carbocycles. The Bertz CT molecular complexity index is 1160. The van der Waals surface area contributed by atoms with Crippen molar-refractivity contribution in [3.63, 3.8) is 0 Å². The predicted octanol–water partition coefficient (Wildman–Crippen LogP) is 4.04. The SMILES string of the molecule is O=S(=O)(Nc1ncns1)c1cc(F)c(OC[C@@H]2CNCCC2c2ccc(Cl)cc2)c(F)c1. The molecule has 1 unspecified atom stereocenters. The molecule has 0 radical (unpaired) electrons. The summed E-state index contributed by atoms with van der Waals surface area (Å²) in [5.74, 6) is -2.72. The molecule has 1 saturated heterocycles. The van der Waals surface area contributed by atoms with Gasteiger partial charge in [0.1, 0.15) is 6.33 Å². The molecular weight excluding hydrogens is 482 g/mol.